The molecule has 0 radical (unpaired) electrons. The first kappa shape index (κ1) is 27.3. The SMILES string of the molecule is CC1CCCN(S(=O)(=O)c2ccc(S(=O)(=O)N(Cc3ccc(C(C)(C)C)cc3)C3CCCC3)cc2)C1. The third-order valence-electron chi connectivity index (χ3n) is 7.58. The number of sulfonamides is 2. The molecule has 1 saturated heterocycles. The van der Waals surface area contributed by atoms with Gasteiger partial charge in [-0.2, -0.15) is 8.61 Å². The van der Waals surface area contributed by atoms with Gasteiger partial charge >= 0.3 is 0 Å². The summed E-state index contributed by atoms with van der Waals surface area (Å²) < 4.78 is 57.1. The maximum Gasteiger partial charge on any atom is 0.243 e. The van der Waals surface area contributed by atoms with Gasteiger partial charge in [0.2, 0.25) is 20.0 Å². The Morgan fingerprint density at radius 3 is 1.97 bits per heavy atom. The van der Waals surface area contributed by atoms with Crippen LogP contribution in [0, 0.1) is 5.92 Å². The average Bonchev–Trinajstić information content (AvgIpc) is 3.37. The normalized spacial score (nSPS) is 20.8. The van der Waals surface area contributed by atoms with Gasteiger partial charge in [0.15, 0.2) is 0 Å². The Morgan fingerprint density at radius 2 is 1.42 bits per heavy atom. The molecule has 0 amide bonds. The minimum atomic E-state index is -3.79. The van der Waals surface area contributed by atoms with Gasteiger partial charge in [-0.3, -0.25) is 0 Å². The summed E-state index contributed by atoms with van der Waals surface area (Å²) in [5.74, 6) is 0.325. The number of piperidine rings is 1. The van der Waals surface area contributed by atoms with E-state index in [0.29, 0.717) is 25.6 Å². The Hall–Kier alpha value is -1.74. The number of hydrogen-bond acceptors (Lipinski definition) is 4. The number of benzene rings is 2. The lowest BCUT2D eigenvalue weighted by atomic mass is 9.87. The molecule has 198 valence electrons. The monoisotopic (exact) mass is 532 g/mol. The van der Waals surface area contributed by atoms with Crippen molar-refractivity contribution in [2.24, 2.45) is 5.92 Å². The minimum absolute atomic E-state index is 0.0318. The lowest BCUT2D eigenvalue weighted by molar-refractivity contribution is 0.281. The van der Waals surface area contributed by atoms with Gasteiger partial charge in [0.1, 0.15) is 0 Å². The molecule has 2 fully saturated rings. The summed E-state index contributed by atoms with van der Waals surface area (Å²) in [6.45, 7) is 9.86. The first-order chi connectivity index (χ1) is 16.9. The second kappa shape index (κ2) is 10.6. The van der Waals surface area contributed by atoms with Crippen molar-refractivity contribution in [2.45, 2.75) is 94.0 Å². The van der Waals surface area contributed by atoms with Gasteiger partial charge in [0.05, 0.1) is 9.79 Å². The molecular weight excluding hydrogens is 492 g/mol. The Kier molecular flexibility index (Phi) is 8.01. The second-order valence-electron chi connectivity index (χ2n) is 11.5. The molecule has 0 aromatic heterocycles. The average molecular weight is 533 g/mol. The summed E-state index contributed by atoms with van der Waals surface area (Å²) in [6.07, 6.45) is 5.60. The maximum absolute atomic E-state index is 13.8. The zero-order valence-electron chi connectivity index (χ0n) is 22.0. The van der Waals surface area contributed by atoms with Crippen LogP contribution in [0.2, 0.25) is 0 Å². The molecule has 4 rings (SSSR count). The van der Waals surface area contributed by atoms with Crippen LogP contribution in [0.25, 0.3) is 0 Å². The van der Waals surface area contributed by atoms with Gasteiger partial charge in [-0.1, -0.05) is 64.8 Å². The van der Waals surface area contributed by atoms with Crippen molar-refractivity contribution in [1.82, 2.24) is 8.61 Å². The fourth-order valence-electron chi connectivity index (χ4n) is 5.33. The Morgan fingerprint density at radius 1 is 0.833 bits per heavy atom. The number of nitrogens with zero attached hydrogens (tertiary/aromatic N) is 2. The lowest BCUT2D eigenvalue weighted by Crippen LogP contribution is -2.39. The standard InChI is InChI=1S/C28H40N2O4S2/c1-22-8-7-19-29(20-22)35(31,32)26-15-17-27(18-16-26)36(33,34)30(25-9-5-6-10-25)21-23-11-13-24(14-12-23)28(2,3)4/h11-18,22,25H,5-10,19-21H2,1-4H3. The third kappa shape index (κ3) is 5.87. The van der Waals surface area contributed by atoms with Crippen molar-refractivity contribution in [1.29, 1.82) is 0 Å². The summed E-state index contributed by atoms with van der Waals surface area (Å²) in [5.41, 5.74) is 2.20. The number of hydrogen-bond donors (Lipinski definition) is 0. The van der Waals surface area contributed by atoms with Gasteiger partial charge in [0.25, 0.3) is 0 Å². The van der Waals surface area contributed by atoms with Gasteiger partial charge in [-0.05, 0) is 72.4 Å². The van der Waals surface area contributed by atoms with Gasteiger partial charge in [-0.25, -0.2) is 16.8 Å². The smallest absolute Gasteiger partial charge is 0.207 e. The van der Waals surface area contributed by atoms with Gasteiger partial charge < -0.3 is 0 Å². The van der Waals surface area contributed by atoms with E-state index in [9.17, 15) is 16.8 Å². The Labute approximate surface area is 217 Å². The molecule has 2 aromatic carbocycles. The van der Waals surface area contributed by atoms with E-state index in [4.69, 9.17) is 0 Å². The third-order valence-corrected chi connectivity index (χ3v) is 11.4. The van der Waals surface area contributed by atoms with Crippen molar-refractivity contribution >= 4 is 20.0 Å². The zero-order chi connectivity index (χ0) is 26.1. The van der Waals surface area contributed by atoms with Gasteiger partial charge in [-0.15, -0.1) is 0 Å². The predicted molar refractivity (Wildman–Crippen MR) is 144 cm³/mol. The summed E-state index contributed by atoms with van der Waals surface area (Å²) in [7, 11) is -7.43. The van der Waals surface area contributed by atoms with E-state index in [1.807, 2.05) is 12.1 Å². The second-order valence-corrected chi connectivity index (χ2v) is 15.3. The van der Waals surface area contributed by atoms with E-state index < -0.39 is 20.0 Å². The van der Waals surface area contributed by atoms with Crippen LogP contribution in [0.1, 0.15) is 77.3 Å². The van der Waals surface area contributed by atoms with Crippen LogP contribution in [0.5, 0.6) is 0 Å². The van der Waals surface area contributed by atoms with E-state index in [-0.39, 0.29) is 21.2 Å². The molecule has 1 unspecified atom stereocenters. The summed E-state index contributed by atoms with van der Waals surface area (Å²) in [5, 5.41) is 0. The number of rotatable bonds is 7. The van der Waals surface area contributed by atoms with Crippen LogP contribution >= 0.6 is 0 Å². The topological polar surface area (TPSA) is 74.8 Å². The molecule has 2 aliphatic rings. The Bertz CT molecular complexity index is 1240. The molecule has 1 heterocycles. The molecule has 0 N–H and O–H groups in total. The Balaban J connectivity index is 1.59. The highest BCUT2D eigenvalue weighted by Crippen LogP contribution is 2.32. The molecular formula is C28H40N2O4S2. The van der Waals surface area contributed by atoms with Crippen molar-refractivity contribution < 1.29 is 16.8 Å². The summed E-state index contributed by atoms with van der Waals surface area (Å²) in [6, 6.07) is 14.0. The summed E-state index contributed by atoms with van der Waals surface area (Å²) >= 11 is 0. The van der Waals surface area contributed by atoms with Crippen LogP contribution in [-0.2, 0) is 32.0 Å². The zero-order valence-corrected chi connectivity index (χ0v) is 23.6. The first-order valence-corrected chi connectivity index (χ1v) is 16.0. The van der Waals surface area contributed by atoms with Gasteiger partial charge in [0, 0.05) is 25.7 Å². The highest BCUT2D eigenvalue weighted by Gasteiger charge is 2.34. The van der Waals surface area contributed by atoms with E-state index in [2.05, 4.69) is 39.8 Å². The molecule has 2 aromatic rings. The van der Waals surface area contributed by atoms with Crippen molar-refractivity contribution in [2.75, 3.05) is 13.1 Å². The van der Waals surface area contributed by atoms with Crippen LogP contribution in [0.15, 0.2) is 58.3 Å². The maximum atomic E-state index is 13.8. The van der Waals surface area contributed by atoms with Crippen LogP contribution in [0.4, 0.5) is 0 Å². The molecule has 0 spiro atoms. The highest BCUT2D eigenvalue weighted by atomic mass is 32.2. The van der Waals surface area contributed by atoms with E-state index in [0.717, 1.165) is 44.1 Å². The largest absolute Gasteiger partial charge is 0.243 e. The lowest BCUT2D eigenvalue weighted by Gasteiger charge is -2.30. The molecule has 6 nitrogen and oxygen atoms in total. The minimum Gasteiger partial charge on any atom is -0.207 e. The van der Waals surface area contributed by atoms with Crippen LogP contribution in [-0.4, -0.2) is 44.6 Å². The van der Waals surface area contributed by atoms with Crippen molar-refractivity contribution in [3.8, 4) is 0 Å². The molecule has 8 heteroatoms. The molecule has 0 bridgehead atoms. The summed E-state index contributed by atoms with van der Waals surface area (Å²) in [4.78, 5) is 0.299. The molecule has 1 atom stereocenters. The quantitative estimate of drug-likeness (QED) is 0.469. The predicted octanol–water partition coefficient (Wildman–Crippen LogP) is 5.54. The molecule has 1 aliphatic carbocycles. The molecule has 1 aliphatic heterocycles. The van der Waals surface area contributed by atoms with E-state index in [1.54, 1.807) is 4.31 Å². The van der Waals surface area contributed by atoms with Crippen LogP contribution in [0.3, 0.4) is 0 Å². The highest BCUT2D eigenvalue weighted by molar-refractivity contribution is 7.89. The van der Waals surface area contributed by atoms with E-state index >= 15 is 0 Å². The van der Waals surface area contributed by atoms with Crippen LogP contribution < -0.4 is 0 Å². The fourth-order valence-corrected chi connectivity index (χ4v) is 8.60. The van der Waals surface area contributed by atoms with E-state index in [1.165, 1.54) is 34.1 Å². The molecule has 36 heavy (non-hydrogen) atoms. The first-order valence-electron chi connectivity index (χ1n) is 13.1. The molecule has 1 saturated carbocycles. The van der Waals surface area contributed by atoms with Crippen molar-refractivity contribution in [3.63, 3.8) is 0 Å². The fraction of sp³-hybridized carbons (Fsp3) is 0.571. The van der Waals surface area contributed by atoms with Crippen molar-refractivity contribution in [3.05, 3.63) is 59.7 Å².